The maximum absolute atomic E-state index is 13.0. The second kappa shape index (κ2) is 4.66. The number of hydrogen-bond donors (Lipinski definition) is 1. The van der Waals surface area contributed by atoms with Gasteiger partial charge >= 0.3 is 5.97 Å². The van der Waals surface area contributed by atoms with Crippen LogP contribution in [0.4, 0.5) is 4.39 Å². The highest BCUT2D eigenvalue weighted by molar-refractivity contribution is 7.88. The molecule has 0 amide bonds. The van der Waals surface area contributed by atoms with E-state index in [4.69, 9.17) is 5.11 Å². The van der Waals surface area contributed by atoms with Crippen LogP contribution in [0.25, 0.3) is 0 Å². The van der Waals surface area contributed by atoms with E-state index in [1.54, 1.807) is 0 Å². The summed E-state index contributed by atoms with van der Waals surface area (Å²) in [4.78, 5) is 10.1. The van der Waals surface area contributed by atoms with Crippen LogP contribution < -0.4 is 0 Å². The third-order valence-corrected chi connectivity index (χ3v) is 2.54. The molecule has 0 aliphatic rings. The first-order chi connectivity index (χ1) is 6.61. The average Bonchev–Trinajstić information content (AvgIpc) is 2.15. The molecule has 1 rings (SSSR count). The Hall–Kier alpha value is -1.49. The van der Waals surface area contributed by atoms with Gasteiger partial charge in [0.15, 0.2) is 0 Å². The number of carboxylic acids is 1. The monoisotopic (exact) mass is 214 g/mol. The Labute approximate surface area is 82.3 Å². The number of carbonyl (C=O) groups is 1. The number of rotatable bonds is 3. The zero-order chi connectivity index (χ0) is 10.6. The van der Waals surface area contributed by atoms with Crippen LogP contribution in [0.2, 0.25) is 0 Å². The van der Waals surface area contributed by atoms with Gasteiger partial charge in [0.1, 0.15) is 5.82 Å². The lowest BCUT2D eigenvalue weighted by Crippen LogP contribution is -1.93. The van der Waals surface area contributed by atoms with Gasteiger partial charge < -0.3 is 5.11 Å². The molecule has 1 atom stereocenters. The topological polar surface area (TPSA) is 54.4 Å². The molecule has 1 unspecified atom stereocenters. The normalized spacial score (nSPS) is 12.9. The minimum atomic E-state index is -1.75. The first-order valence-corrected chi connectivity index (χ1v) is 4.89. The van der Waals surface area contributed by atoms with E-state index in [1.807, 2.05) is 0 Å². The fourth-order valence-electron chi connectivity index (χ4n) is 0.801. The van der Waals surface area contributed by atoms with Crippen LogP contribution in [0.15, 0.2) is 40.6 Å². The maximum atomic E-state index is 13.0. The number of aliphatic carboxylic acids is 1. The molecule has 0 radical (unpaired) electrons. The fraction of sp³-hybridized carbons (Fsp3) is 0. The summed E-state index contributed by atoms with van der Waals surface area (Å²) in [6, 6.07) is 5.52. The van der Waals surface area contributed by atoms with Crippen molar-refractivity contribution in [3.63, 3.8) is 0 Å². The molecule has 74 valence electrons. The van der Waals surface area contributed by atoms with E-state index < -0.39 is 22.6 Å². The number of halogens is 1. The van der Waals surface area contributed by atoms with Crippen LogP contribution in [0.5, 0.6) is 0 Å². The van der Waals surface area contributed by atoms with Crippen LogP contribution in [0, 0.1) is 5.82 Å². The van der Waals surface area contributed by atoms with E-state index >= 15 is 0 Å². The van der Waals surface area contributed by atoms with Crippen molar-refractivity contribution in [3.8, 4) is 0 Å². The second-order valence-corrected chi connectivity index (χ2v) is 3.68. The molecule has 0 bridgehead atoms. The van der Waals surface area contributed by atoms with Crippen LogP contribution in [-0.2, 0) is 15.6 Å². The Balaban J connectivity index is 2.91. The van der Waals surface area contributed by atoms with Gasteiger partial charge in [0, 0.05) is 11.5 Å². The Kier molecular flexibility index (Phi) is 3.53. The molecular formula is C9H7FO3S. The van der Waals surface area contributed by atoms with Crippen molar-refractivity contribution in [2.45, 2.75) is 4.90 Å². The zero-order valence-corrected chi connectivity index (χ0v) is 7.83. The highest BCUT2D eigenvalue weighted by atomic mass is 32.2. The van der Waals surface area contributed by atoms with E-state index in [-0.39, 0.29) is 4.90 Å². The van der Waals surface area contributed by atoms with Gasteiger partial charge in [-0.25, -0.2) is 13.4 Å². The van der Waals surface area contributed by atoms with Crippen LogP contribution in [0.1, 0.15) is 0 Å². The molecule has 5 heteroatoms. The van der Waals surface area contributed by atoms with Crippen LogP contribution in [0.3, 0.4) is 0 Å². The molecule has 0 saturated carbocycles. The Bertz CT molecular complexity index is 401. The summed E-state index contributed by atoms with van der Waals surface area (Å²) in [5.74, 6) is -1.82. The first-order valence-electron chi connectivity index (χ1n) is 3.67. The predicted octanol–water partition coefficient (Wildman–Crippen LogP) is 1.53. The second-order valence-electron chi connectivity index (χ2n) is 2.37. The minimum Gasteiger partial charge on any atom is -0.478 e. The van der Waals surface area contributed by atoms with Gasteiger partial charge in [-0.15, -0.1) is 0 Å². The average molecular weight is 214 g/mol. The molecule has 0 heterocycles. The minimum absolute atomic E-state index is 0.0231. The summed E-state index contributed by atoms with van der Waals surface area (Å²) >= 11 is 0. The predicted molar refractivity (Wildman–Crippen MR) is 49.6 cm³/mol. The van der Waals surface area contributed by atoms with Crippen molar-refractivity contribution in [1.82, 2.24) is 0 Å². The third kappa shape index (κ3) is 2.77. The van der Waals surface area contributed by atoms with Crippen molar-refractivity contribution in [3.05, 3.63) is 41.6 Å². The quantitative estimate of drug-likeness (QED) is 0.776. The van der Waals surface area contributed by atoms with Crippen molar-refractivity contribution in [2.75, 3.05) is 0 Å². The molecule has 0 saturated heterocycles. The van der Waals surface area contributed by atoms with E-state index in [0.717, 1.165) is 11.5 Å². The van der Waals surface area contributed by atoms with Gasteiger partial charge in [-0.3, -0.25) is 0 Å². The molecule has 0 aromatic heterocycles. The number of benzene rings is 1. The lowest BCUT2D eigenvalue weighted by Gasteiger charge is -1.96. The smallest absolute Gasteiger partial charge is 0.328 e. The summed E-state index contributed by atoms with van der Waals surface area (Å²) in [5, 5.41) is 9.19. The zero-order valence-electron chi connectivity index (χ0n) is 7.01. The van der Waals surface area contributed by atoms with E-state index in [2.05, 4.69) is 0 Å². The summed E-state index contributed by atoms with van der Waals surface area (Å²) in [7, 11) is -1.75. The fourth-order valence-corrected chi connectivity index (χ4v) is 1.66. The van der Waals surface area contributed by atoms with Gasteiger partial charge in [-0.1, -0.05) is 12.1 Å². The van der Waals surface area contributed by atoms with Crippen molar-refractivity contribution < 1.29 is 18.5 Å². The van der Waals surface area contributed by atoms with Gasteiger partial charge in [0.2, 0.25) is 0 Å². The molecule has 1 N–H and O–H groups in total. The standard InChI is InChI=1S/C9H7FO3S/c10-7-3-1-2-4-8(7)14(13)6-5-9(11)12/h1-6H,(H,11,12)/b6-5+. The summed E-state index contributed by atoms with van der Waals surface area (Å²) in [6.07, 6.45) is 0.725. The molecule has 1 aromatic carbocycles. The van der Waals surface area contributed by atoms with Gasteiger partial charge in [0.25, 0.3) is 0 Å². The molecule has 0 aliphatic heterocycles. The van der Waals surface area contributed by atoms with Gasteiger partial charge in [0.05, 0.1) is 15.7 Å². The van der Waals surface area contributed by atoms with Gasteiger partial charge in [-0.05, 0) is 12.1 Å². The SMILES string of the molecule is O=C(O)/C=C/S(=O)c1ccccc1F. The van der Waals surface area contributed by atoms with E-state index in [0.29, 0.717) is 0 Å². The molecule has 0 fully saturated rings. The van der Waals surface area contributed by atoms with Crippen molar-refractivity contribution in [1.29, 1.82) is 0 Å². The maximum Gasteiger partial charge on any atom is 0.328 e. The van der Waals surface area contributed by atoms with Crippen molar-refractivity contribution >= 4 is 16.8 Å². The molecule has 0 aliphatic carbocycles. The summed E-state index contributed by atoms with van der Waals surface area (Å²) in [6.45, 7) is 0. The van der Waals surface area contributed by atoms with Crippen LogP contribution in [-0.4, -0.2) is 15.3 Å². The first kappa shape index (κ1) is 10.6. The highest BCUT2D eigenvalue weighted by Crippen LogP contribution is 2.12. The molecule has 3 nitrogen and oxygen atoms in total. The van der Waals surface area contributed by atoms with Crippen molar-refractivity contribution in [2.24, 2.45) is 0 Å². The van der Waals surface area contributed by atoms with Gasteiger partial charge in [-0.2, -0.15) is 0 Å². The Morgan fingerprint density at radius 2 is 2.07 bits per heavy atom. The Morgan fingerprint density at radius 3 is 2.64 bits per heavy atom. The van der Waals surface area contributed by atoms with Crippen LogP contribution >= 0.6 is 0 Å². The lowest BCUT2D eigenvalue weighted by atomic mass is 10.3. The lowest BCUT2D eigenvalue weighted by molar-refractivity contribution is -0.131. The summed E-state index contributed by atoms with van der Waals surface area (Å²) in [5.41, 5.74) is 0. The van der Waals surface area contributed by atoms with E-state index in [9.17, 15) is 13.4 Å². The molecule has 14 heavy (non-hydrogen) atoms. The third-order valence-electron chi connectivity index (χ3n) is 1.39. The summed E-state index contributed by atoms with van der Waals surface area (Å²) < 4.78 is 24.3. The van der Waals surface area contributed by atoms with E-state index in [1.165, 1.54) is 24.3 Å². The molecule has 0 spiro atoms. The number of carboxylic acid groups (broad SMARTS) is 1. The Morgan fingerprint density at radius 1 is 1.43 bits per heavy atom. The highest BCUT2D eigenvalue weighted by Gasteiger charge is 2.05. The number of hydrogen-bond acceptors (Lipinski definition) is 2. The molecular weight excluding hydrogens is 207 g/mol. The largest absolute Gasteiger partial charge is 0.478 e. The molecule has 1 aromatic rings.